The first kappa shape index (κ1) is 15.1. The Hall–Kier alpha value is -1.33. The second-order valence-electron chi connectivity index (χ2n) is 5.28. The molecule has 1 aliphatic rings. The molecule has 1 heterocycles. The van der Waals surface area contributed by atoms with E-state index < -0.39 is 15.4 Å². The maximum atomic E-state index is 11.8. The first-order valence-corrected chi connectivity index (χ1v) is 8.44. The average Bonchev–Trinajstić information content (AvgIpc) is 2.62. The van der Waals surface area contributed by atoms with Crippen molar-refractivity contribution in [1.82, 2.24) is 5.32 Å². The van der Waals surface area contributed by atoms with Gasteiger partial charge in [-0.15, -0.1) is 0 Å². The lowest BCUT2D eigenvalue weighted by Gasteiger charge is -2.22. The lowest BCUT2D eigenvalue weighted by Crippen LogP contribution is -2.46. The van der Waals surface area contributed by atoms with Gasteiger partial charge in [0.15, 0.2) is 9.84 Å². The van der Waals surface area contributed by atoms with Crippen LogP contribution in [0.5, 0.6) is 0 Å². The molecule has 1 N–H and O–H groups in total. The van der Waals surface area contributed by atoms with Gasteiger partial charge in [-0.3, -0.25) is 4.79 Å². The number of carbonyl (C=O) groups is 1. The van der Waals surface area contributed by atoms with Gasteiger partial charge in [0.05, 0.1) is 17.0 Å². The van der Waals surface area contributed by atoms with Crippen molar-refractivity contribution in [3.63, 3.8) is 0 Å². The molecule has 0 aliphatic carbocycles. The van der Waals surface area contributed by atoms with Gasteiger partial charge in [-0.1, -0.05) is 23.7 Å². The monoisotopic (exact) mass is 313 g/mol. The summed E-state index contributed by atoms with van der Waals surface area (Å²) in [7, 11) is -3.02. The van der Waals surface area contributed by atoms with Gasteiger partial charge in [-0.2, -0.15) is 0 Å². The first-order chi connectivity index (χ1) is 9.28. The number of hydrogen-bond donors (Lipinski definition) is 1. The number of amides is 1. The number of sulfone groups is 1. The maximum absolute atomic E-state index is 11.8. The Morgan fingerprint density at radius 1 is 1.35 bits per heavy atom. The summed E-state index contributed by atoms with van der Waals surface area (Å²) in [5, 5.41) is 3.40. The van der Waals surface area contributed by atoms with E-state index in [0.717, 1.165) is 5.56 Å². The van der Waals surface area contributed by atoms with E-state index in [9.17, 15) is 13.2 Å². The topological polar surface area (TPSA) is 63.2 Å². The molecule has 20 heavy (non-hydrogen) atoms. The smallest absolute Gasteiger partial charge is 0.244 e. The van der Waals surface area contributed by atoms with E-state index >= 15 is 0 Å². The zero-order chi connectivity index (χ0) is 14.8. The van der Waals surface area contributed by atoms with Crippen LogP contribution in [0.1, 0.15) is 18.9 Å². The minimum absolute atomic E-state index is 0.000521. The standard InChI is InChI=1S/C14H16ClNO3S/c1-14(8-9-20(18,19)10-14)16-13(17)7-4-11-2-5-12(15)6-3-11/h2-7H,8-10H2,1H3,(H,16,17)/b7-4+. The number of benzene rings is 1. The minimum Gasteiger partial charge on any atom is -0.346 e. The molecule has 108 valence electrons. The molecule has 1 atom stereocenters. The summed E-state index contributed by atoms with van der Waals surface area (Å²) in [4.78, 5) is 11.8. The molecule has 0 saturated carbocycles. The van der Waals surface area contributed by atoms with Crippen LogP contribution < -0.4 is 5.32 Å². The molecule has 6 heteroatoms. The van der Waals surface area contributed by atoms with Crippen LogP contribution in [0, 0.1) is 0 Å². The summed E-state index contributed by atoms with van der Waals surface area (Å²) in [5.74, 6) is -0.162. The van der Waals surface area contributed by atoms with Crippen molar-refractivity contribution in [2.24, 2.45) is 0 Å². The molecule has 1 aromatic rings. The lowest BCUT2D eigenvalue weighted by molar-refractivity contribution is -0.117. The maximum Gasteiger partial charge on any atom is 0.244 e. The van der Waals surface area contributed by atoms with Gasteiger partial charge in [0.2, 0.25) is 5.91 Å². The third-order valence-electron chi connectivity index (χ3n) is 3.23. The van der Waals surface area contributed by atoms with Crippen LogP contribution in [-0.4, -0.2) is 31.4 Å². The van der Waals surface area contributed by atoms with Crippen molar-refractivity contribution in [2.45, 2.75) is 18.9 Å². The van der Waals surface area contributed by atoms with Gasteiger partial charge in [-0.05, 0) is 37.1 Å². The zero-order valence-electron chi connectivity index (χ0n) is 11.1. The summed E-state index contributed by atoms with van der Waals surface area (Å²) < 4.78 is 22.9. The van der Waals surface area contributed by atoms with E-state index in [2.05, 4.69) is 5.32 Å². The summed E-state index contributed by atoms with van der Waals surface area (Å²) >= 11 is 5.77. The quantitative estimate of drug-likeness (QED) is 0.869. The number of hydrogen-bond acceptors (Lipinski definition) is 3. The van der Waals surface area contributed by atoms with E-state index in [0.29, 0.717) is 11.4 Å². The van der Waals surface area contributed by atoms with Crippen molar-refractivity contribution >= 4 is 33.4 Å². The normalized spacial score (nSPS) is 24.9. The van der Waals surface area contributed by atoms with Crippen molar-refractivity contribution in [1.29, 1.82) is 0 Å². The van der Waals surface area contributed by atoms with Crippen LogP contribution in [-0.2, 0) is 14.6 Å². The highest BCUT2D eigenvalue weighted by atomic mass is 35.5. The fourth-order valence-corrected chi connectivity index (χ4v) is 4.41. The molecule has 1 saturated heterocycles. The Balaban J connectivity index is 1.98. The lowest BCUT2D eigenvalue weighted by atomic mass is 10.0. The number of nitrogens with one attached hydrogen (secondary N) is 1. The van der Waals surface area contributed by atoms with Crippen LogP contribution in [0.15, 0.2) is 30.3 Å². The van der Waals surface area contributed by atoms with E-state index in [1.165, 1.54) is 6.08 Å². The van der Waals surface area contributed by atoms with Crippen LogP contribution in [0.4, 0.5) is 0 Å². The largest absolute Gasteiger partial charge is 0.346 e. The fourth-order valence-electron chi connectivity index (χ4n) is 2.19. The Morgan fingerprint density at radius 3 is 2.55 bits per heavy atom. The van der Waals surface area contributed by atoms with Crippen LogP contribution in [0.25, 0.3) is 6.08 Å². The number of carbonyl (C=O) groups excluding carboxylic acids is 1. The summed E-state index contributed by atoms with van der Waals surface area (Å²) in [6.07, 6.45) is 3.52. The predicted molar refractivity (Wildman–Crippen MR) is 80.3 cm³/mol. The Bertz CT molecular complexity index is 637. The Labute approximate surface area is 123 Å². The molecule has 2 rings (SSSR count). The number of rotatable bonds is 3. The number of halogens is 1. The molecule has 4 nitrogen and oxygen atoms in total. The van der Waals surface area contributed by atoms with E-state index in [4.69, 9.17) is 11.6 Å². The van der Waals surface area contributed by atoms with E-state index in [1.807, 2.05) is 0 Å². The van der Waals surface area contributed by atoms with Crippen molar-refractivity contribution in [3.05, 3.63) is 40.9 Å². The third-order valence-corrected chi connectivity index (χ3v) is 5.38. The van der Waals surface area contributed by atoms with Gasteiger partial charge >= 0.3 is 0 Å². The fraction of sp³-hybridized carbons (Fsp3) is 0.357. The molecule has 0 spiro atoms. The molecule has 1 aliphatic heterocycles. The van der Waals surface area contributed by atoms with Gasteiger partial charge in [0, 0.05) is 11.1 Å². The molecule has 0 radical (unpaired) electrons. The molecular weight excluding hydrogens is 298 g/mol. The van der Waals surface area contributed by atoms with Crippen molar-refractivity contribution < 1.29 is 13.2 Å². The highest BCUT2D eigenvalue weighted by Crippen LogP contribution is 2.22. The summed E-state index contributed by atoms with van der Waals surface area (Å²) in [6.45, 7) is 1.76. The Kier molecular flexibility index (Phi) is 4.20. The van der Waals surface area contributed by atoms with Gasteiger partial charge < -0.3 is 5.32 Å². The average molecular weight is 314 g/mol. The van der Waals surface area contributed by atoms with Crippen molar-refractivity contribution in [3.8, 4) is 0 Å². The summed E-state index contributed by atoms with van der Waals surface area (Å²) in [5.41, 5.74) is 0.189. The predicted octanol–water partition coefficient (Wildman–Crippen LogP) is 2.05. The molecule has 1 unspecified atom stereocenters. The molecule has 0 aromatic heterocycles. The molecule has 0 bridgehead atoms. The van der Waals surface area contributed by atoms with Gasteiger partial charge in [0.1, 0.15) is 0 Å². The van der Waals surface area contributed by atoms with E-state index in [-0.39, 0.29) is 17.4 Å². The van der Waals surface area contributed by atoms with Crippen LogP contribution >= 0.6 is 11.6 Å². The summed E-state index contributed by atoms with van der Waals surface area (Å²) in [6, 6.07) is 7.08. The first-order valence-electron chi connectivity index (χ1n) is 6.24. The molecule has 1 fully saturated rings. The minimum atomic E-state index is -3.02. The second kappa shape index (κ2) is 5.58. The zero-order valence-corrected chi connectivity index (χ0v) is 12.7. The van der Waals surface area contributed by atoms with Crippen LogP contribution in [0.2, 0.25) is 5.02 Å². The molecule has 1 aromatic carbocycles. The molecular formula is C14H16ClNO3S. The molecule has 1 amide bonds. The van der Waals surface area contributed by atoms with Crippen LogP contribution in [0.3, 0.4) is 0 Å². The van der Waals surface area contributed by atoms with Gasteiger partial charge in [0.25, 0.3) is 0 Å². The van der Waals surface area contributed by atoms with Crippen molar-refractivity contribution in [2.75, 3.05) is 11.5 Å². The highest BCUT2D eigenvalue weighted by molar-refractivity contribution is 7.91. The second-order valence-corrected chi connectivity index (χ2v) is 7.90. The SMILES string of the molecule is CC1(NC(=O)/C=C/c2ccc(Cl)cc2)CCS(=O)(=O)C1. The Morgan fingerprint density at radius 2 is 2.00 bits per heavy atom. The van der Waals surface area contributed by atoms with Gasteiger partial charge in [-0.25, -0.2) is 8.42 Å². The highest BCUT2D eigenvalue weighted by Gasteiger charge is 2.38. The third kappa shape index (κ3) is 4.08. The van der Waals surface area contributed by atoms with E-state index in [1.54, 1.807) is 37.3 Å².